The molecule has 0 aliphatic rings. The summed E-state index contributed by atoms with van der Waals surface area (Å²) in [7, 11) is 0. The smallest absolute Gasteiger partial charge is 0.142 e. The molecule has 2 nitrogen and oxygen atoms in total. The molecule has 2 N–H and O–H groups in total. The van der Waals surface area contributed by atoms with E-state index in [9.17, 15) is 4.39 Å². The van der Waals surface area contributed by atoms with Crippen LogP contribution in [0.5, 0.6) is 5.75 Å². The third-order valence-electron chi connectivity index (χ3n) is 2.80. The first-order valence-corrected chi connectivity index (χ1v) is 6.33. The minimum Gasteiger partial charge on any atom is -0.491 e. The third kappa shape index (κ3) is 4.63. The molecule has 0 saturated carbocycles. The molecule has 3 heteroatoms. The van der Waals surface area contributed by atoms with Crippen molar-refractivity contribution < 1.29 is 9.13 Å². The molecule has 0 amide bonds. The van der Waals surface area contributed by atoms with E-state index >= 15 is 0 Å². The lowest BCUT2D eigenvalue weighted by atomic mass is 10.1. The lowest BCUT2D eigenvalue weighted by Crippen LogP contribution is -2.01. The number of aryl methyl sites for hydroxylation is 1. The van der Waals surface area contributed by atoms with Crippen molar-refractivity contribution in [2.75, 3.05) is 12.3 Å². The first kappa shape index (κ1) is 13.8. The van der Waals surface area contributed by atoms with E-state index in [4.69, 9.17) is 10.5 Å². The van der Waals surface area contributed by atoms with Crippen LogP contribution < -0.4 is 10.5 Å². The molecule has 96 valence electrons. The second-order valence-corrected chi connectivity index (χ2v) is 4.40. The Morgan fingerprint density at radius 1 is 1.18 bits per heavy atom. The van der Waals surface area contributed by atoms with Gasteiger partial charge in [-0.3, -0.25) is 0 Å². The van der Waals surface area contributed by atoms with E-state index < -0.39 is 0 Å². The van der Waals surface area contributed by atoms with Crippen LogP contribution in [0.2, 0.25) is 0 Å². The Labute approximate surface area is 103 Å². The summed E-state index contributed by atoms with van der Waals surface area (Å²) in [4.78, 5) is 0. The lowest BCUT2D eigenvalue weighted by molar-refractivity contribution is 0.305. The summed E-state index contributed by atoms with van der Waals surface area (Å²) in [5, 5.41) is 0. The first-order chi connectivity index (χ1) is 8.15. The Bertz CT molecular complexity index is 352. The van der Waals surface area contributed by atoms with Gasteiger partial charge < -0.3 is 10.5 Å². The van der Waals surface area contributed by atoms with Crippen LogP contribution in [0.4, 0.5) is 10.1 Å². The van der Waals surface area contributed by atoms with E-state index in [0.717, 1.165) is 6.42 Å². The fourth-order valence-electron chi connectivity index (χ4n) is 1.68. The van der Waals surface area contributed by atoms with Gasteiger partial charge in [-0.25, -0.2) is 4.39 Å². The van der Waals surface area contributed by atoms with Gasteiger partial charge in [0.05, 0.1) is 12.3 Å². The van der Waals surface area contributed by atoms with E-state index in [1.165, 1.54) is 31.7 Å². The van der Waals surface area contributed by atoms with E-state index in [1.807, 2.05) is 0 Å². The SMILES string of the molecule is CCCCCCCOc1cc(C)c(F)cc1N. The van der Waals surface area contributed by atoms with Gasteiger partial charge in [0.2, 0.25) is 0 Å². The van der Waals surface area contributed by atoms with Gasteiger partial charge in [-0.2, -0.15) is 0 Å². The summed E-state index contributed by atoms with van der Waals surface area (Å²) in [6.07, 6.45) is 5.96. The van der Waals surface area contributed by atoms with Crippen LogP contribution in [0.25, 0.3) is 0 Å². The molecule has 0 heterocycles. The van der Waals surface area contributed by atoms with E-state index in [2.05, 4.69) is 6.92 Å². The highest BCUT2D eigenvalue weighted by atomic mass is 19.1. The summed E-state index contributed by atoms with van der Waals surface area (Å²) >= 11 is 0. The predicted octanol–water partition coefficient (Wildman–Crippen LogP) is 4.07. The molecule has 17 heavy (non-hydrogen) atoms. The summed E-state index contributed by atoms with van der Waals surface area (Å²) < 4.78 is 18.7. The van der Waals surface area contributed by atoms with Crippen molar-refractivity contribution >= 4 is 5.69 Å². The average Bonchev–Trinajstić information content (AvgIpc) is 2.30. The molecule has 0 spiro atoms. The van der Waals surface area contributed by atoms with E-state index in [-0.39, 0.29) is 5.82 Å². The number of nitrogens with two attached hydrogens (primary N) is 1. The first-order valence-electron chi connectivity index (χ1n) is 6.33. The number of halogens is 1. The maximum Gasteiger partial charge on any atom is 0.142 e. The second-order valence-electron chi connectivity index (χ2n) is 4.40. The van der Waals surface area contributed by atoms with Crippen LogP contribution in [-0.4, -0.2) is 6.61 Å². The van der Waals surface area contributed by atoms with Crippen molar-refractivity contribution in [3.05, 3.63) is 23.5 Å². The lowest BCUT2D eigenvalue weighted by Gasteiger charge is -2.10. The number of rotatable bonds is 7. The summed E-state index contributed by atoms with van der Waals surface area (Å²) in [6.45, 7) is 4.56. The predicted molar refractivity (Wildman–Crippen MR) is 69.8 cm³/mol. The molecule has 0 fully saturated rings. The van der Waals surface area contributed by atoms with Crippen LogP contribution in [0.1, 0.15) is 44.6 Å². The minimum atomic E-state index is -0.280. The zero-order chi connectivity index (χ0) is 12.7. The Kier molecular flexibility index (Phi) is 5.81. The van der Waals surface area contributed by atoms with Crippen molar-refractivity contribution in [3.8, 4) is 5.75 Å². The molecular weight excluding hydrogens is 217 g/mol. The largest absolute Gasteiger partial charge is 0.491 e. The number of hydrogen-bond acceptors (Lipinski definition) is 2. The van der Waals surface area contributed by atoms with Crippen molar-refractivity contribution in [3.63, 3.8) is 0 Å². The normalized spacial score (nSPS) is 10.5. The summed E-state index contributed by atoms with van der Waals surface area (Å²) in [5.41, 5.74) is 6.63. The molecule has 0 radical (unpaired) electrons. The third-order valence-corrected chi connectivity index (χ3v) is 2.80. The molecule has 0 saturated heterocycles. The van der Waals surface area contributed by atoms with Crippen LogP contribution >= 0.6 is 0 Å². The zero-order valence-electron chi connectivity index (χ0n) is 10.8. The fourth-order valence-corrected chi connectivity index (χ4v) is 1.68. The number of nitrogen functional groups attached to an aromatic ring is 1. The van der Waals surface area contributed by atoms with Gasteiger partial charge in [-0.05, 0) is 25.0 Å². The molecule has 1 rings (SSSR count). The molecule has 0 unspecified atom stereocenters. The van der Waals surface area contributed by atoms with Crippen molar-refractivity contribution in [1.82, 2.24) is 0 Å². The van der Waals surface area contributed by atoms with Crippen LogP contribution in [0, 0.1) is 12.7 Å². The molecule has 1 aromatic rings. The minimum absolute atomic E-state index is 0.280. The Morgan fingerprint density at radius 2 is 1.88 bits per heavy atom. The van der Waals surface area contributed by atoms with Crippen LogP contribution in [0.3, 0.4) is 0 Å². The summed E-state index contributed by atoms with van der Waals surface area (Å²) in [5.74, 6) is 0.317. The Morgan fingerprint density at radius 3 is 2.59 bits per heavy atom. The second kappa shape index (κ2) is 7.15. The zero-order valence-corrected chi connectivity index (χ0v) is 10.8. The van der Waals surface area contributed by atoms with Crippen LogP contribution in [0.15, 0.2) is 12.1 Å². The highest BCUT2D eigenvalue weighted by molar-refractivity contribution is 5.54. The fraction of sp³-hybridized carbons (Fsp3) is 0.571. The van der Waals surface area contributed by atoms with Crippen molar-refractivity contribution in [1.29, 1.82) is 0 Å². The van der Waals surface area contributed by atoms with Gasteiger partial charge in [0.25, 0.3) is 0 Å². The van der Waals surface area contributed by atoms with Crippen molar-refractivity contribution in [2.24, 2.45) is 0 Å². The van der Waals surface area contributed by atoms with Gasteiger partial charge in [0, 0.05) is 6.07 Å². The Hall–Kier alpha value is -1.25. The number of hydrogen-bond donors (Lipinski definition) is 1. The number of benzene rings is 1. The average molecular weight is 239 g/mol. The molecule has 0 aliphatic heterocycles. The van der Waals surface area contributed by atoms with Gasteiger partial charge in [-0.15, -0.1) is 0 Å². The molecule has 0 aliphatic carbocycles. The van der Waals surface area contributed by atoms with Gasteiger partial charge in [-0.1, -0.05) is 32.6 Å². The molecular formula is C14H22FNO. The quantitative estimate of drug-likeness (QED) is 0.575. The van der Waals surface area contributed by atoms with Crippen molar-refractivity contribution in [2.45, 2.75) is 46.0 Å². The highest BCUT2D eigenvalue weighted by Crippen LogP contribution is 2.25. The maximum absolute atomic E-state index is 13.2. The molecule has 1 aromatic carbocycles. The van der Waals surface area contributed by atoms with Gasteiger partial charge >= 0.3 is 0 Å². The maximum atomic E-state index is 13.2. The number of unbranched alkanes of at least 4 members (excludes halogenated alkanes) is 4. The van der Waals surface area contributed by atoms with Crippen LogP contribution in [-0.2, 0) is 0 Å². The molecule has 0 bridgehead atoms. The monoisotopic (exact) mass is 239 g/mol. The highest BCUT2D eigenvalue weighted by Gasteiger charge is 2.05. The summed E-state index contributed by atoms with van der Waals surface area (Å²) in [6, 6.07) is 2.98. The number of ether oxygens (including phenoxy) is 1. The molecule has 0 aromatic heterocycles. The topological polar surface area (TPSA) is 35.2 Å². The van der Waals surface area contributed by atoms with E-state index in [1.54, 1.807) is 13.0 Å². The van der Waals surface area contributed by atoms with Gasteiger partial charge in [0.1, 0.15) is 11.6 Å². The Balaban J connectivity index is 2.34. The molecule has 0 atom stereocenters. The standard InChI is InChI=1S/C14H22FNO/c1-3-4-5-6-7-8-17-14-9-11(2)12(15)10-13(14)16/h9-10H,3-8,16H2,1-2H3. The van der Waals surface area contributed by atoms with E-state index in [0.29, 0.717) is 23.6 Å². The number of anilines is 1. The van der Waals surface area contributed by atoms with Gasteiger partial charge in [0.15, 0.2) is 0 Å².